The van der Waals surface area contributed by atoms with Crippen molar-refractivity contribution in [3.8, 4) is 50.2 Å². The minimum absolute atomic E-state index is 0.142. The molecule has 2 nitrogen and oxygen atoms in total. The number of fused-ring (bicyclic) bond motifs is 12. The number of hydrogen-bond acceptors (Lipinski definition) is 1. The number of rotatable bonds is 8. The maximum Gasteiger partial charge on any atom is 0.135 e. The summed E-state index contributed by atoms with van der Waals surface area (Å²) in [6.45, 7) is 9.66. The SMILES string of the molecule is CC1(C)c2cc(CCC(c3ccc4c(c3)C(C)(C)c3cc(-c5ccccc5)ccc3-4)c3ccc4oc5ccccc5c4c3)ccc2-c2ccc(-c3ccc4c(c3)c3ccccc3n4-c3ccccc3)cc21. The molecule has 2 aliphatic rings. The number of aryl methyl sites for hydroxylation is 1. The molecule has 0 spiro atoms. The minimum atomic E-state index is -0.155. The van der Waals surface area contributed by atoms with Crippen molar-refractivity contribution in [2.45, 2.75) is 57.3 Å². The van der Waals surface area contributed by atoms with Gasteiger partial charge in [0.25, 0.3) is 0 Å². The molecule has 14 rings (SSSR count). The lowest BCUT2D eigenvalue weighted by Crippen LogP contribution is -2.16. The van der Waals surface area contributed by atoms with E-state index in [1.807, 2.05) is 0 Å². The Balaban J connectivity index is 0.804. The standard InChI is InChI=1S/C69H53NO/c1-68(2)60-37-43(24-31-52(60)53-33-26-47(41-62(53)68)45-28-35-65-58(38-45)56-19-11-13-21-64(56)70(65)50-17-9-6-10-18-50)23-30-51(48-29-36-67-59(39-48)57-20-12-14-22-66(57)71-67)49-27-34-55-54-32-25-46(44-15-7-5-8-16-44)40-61(54)69(3,4)63(55)42-49/h5-22,24-29,31-42,51H,23,30H2,1-4H3. The van der Waals surface area contributed by atoms with E-state index in [-0.39, 0.29) is 16.7 Å². The second-order valence-corrected chi connectivity index (χ2v) is 21.2. The fourth-order valence-electron chi connectivity index (χ4n) is 12.7. The summed E-state index contributed by atoms with van der Waals surface area (Å²) in [5.74, 6) is 0.179. The van der Waals surface area contributed by atoms with Gasteiger partial charge in [0.15, 0.2) is 0 Å². The average molecular weight is 912 g/mol. The Kier molecular flexibility index (Phi) is 9.20. The largest absolute Gasteiger partial charge is 0.456 e. The minimum Gasteiger partial charge on any atom is -0.456 e. The van der Waals surface area contributed by atoms with Gasteiger partial charge in [-0.05, 0) is 157 Å². The number of benzene rings is 10. The van der Waals surface area contributed by atoms with Crippen LogP contribution >= 0.6 is 0 Å². The van der Waals surface area contributed by atoms with Gasteiger partial charge in [0.1, 0.15) is 11.2 Å². The molecule has 0 N–H and O–H groups in total. The highest BCUT2D eigenvalue weighted by atomic mass is 16.3. The van der Waals surface area contributed by atoms with Crippen molar-refractivity contribution in [2.75, 3.05) is 0 Å². The monoisotopic (exact) mass is 911 g/mol. The third-order valence-corrected chi connectivity index (χ3v) is 16.5. The van der Waals surface area contributed by atoms with Crippen molar-refractivity contribution in [1.29, 1.82) is 0 Å². The second kappa shape index (κ2) is 15.7. The lowest BCUT2D eigenvalue weighted by atomic mass is 9.78. The average Bonchev–Trinajstić information content (AvgIpc) is 4.09. The summed E-state index contributed by atoms with van der Waals surface area (Å²) in [4.78, 5) is 0. The molecule has 340 valence electrons. The van der Waals surface area contributed by atoms with E-state index >= 15 is 0 Å². The summed E-state index contributed by atoms with van der Waals surface area (Å²) in [6, 6.07) is 81.6. The van der Waals surface area contributed by atoms with Gasteiger partial charge >= 0.3 is 0 Å². The molecule has 0 fully saturated rings. The summed E-state index contributed by atoms with van der Waals surface area (Å²) < 4.78 is 8.75. The zero-order valence-corrected chi connectivity index (χ0v) is 40.6. The smallest absolute Gasteiger partial charge is 0.135 e. The fourth-order valence-corrected chi connectivity index (χ4v) is 12.7. The molecule has 2 heterocycles. The third-order valence-electron chi connectivity index (χ3n) is 16.5. The molecule has 1 unspecified atom stereocenters. The first-order valence-electron chi connectivity index (χ1n) is 25.3. The van der Waals surface area contributed by atoms with Gasteiger partial charge in [0, 0.05) is 44.0 Å². The molecule has 12 aromatic rings. The van der Waals surface area contributed by atoms with Crippen LogP contribution in [0.3, 0.4) is 0 Å². The van der Waals surface area contributed by atoms with E-state index in [9.17, 15) is 0 Å². The van der Waals surface area contributed by atoms with Crippen LogP contribution in [-0.4, -0.2) is 4.57 Å². The van der Waals surface area contributed by atoms with Gasteiger partial charge < -0.3 is 8.98 Å². The lowest BCUT2D eigenvalue weighted by molar-refractivity contribution is 0.652. The molecule has 2 aromatic heterocycles. The van der Waals surface area contributed by atoms with Gasteiger partial charge in [-0.15, -0.1) is 0 Å². The summed E-state index contributed by atoms with van der Waals surface area (Å²) in [7, 11) is 0. The Morgan fingerprint density at radius 2 is 0.901 bits per heavy atom. The van der Waals surface area contributed by atoms with Gasteiger partial charge in [-0.3, -0.25) is 0 Å². The second-order valence-electron chi connectivity index (χ2n) is 21.2. The molecule has 2 heteroatoms. The maximum atomic E-state index is 6.36. The van der Waals surface area contributed by atoms with Crippen LogP contribution in [0.5, 0.6) is 0 Å². The summed E-state index contributed by atoms with van der Waals surface area (Å²) in [5.41, 5.74) is 25.3. The van der Waals surface area contributed by atoms with E-state index in [1.165, 1.54) is 122 Å². The zero-order chi connectivity index (χ0) is 47.6. The predicted octanol–water partition coefficient (Wildman–Crippen LogP) is 18.4. The zero-order valence-electron chi connectivity index (χ0n) is 40.6. The topological polar surface area (TPSA) is 18.1 Å². The van der Waals surface area contributed by atoms with Crippen molar-refractivity contribution >= 4 is 43.7 Å². The van der Waals surface area contributed by atoms with E-state index in [4.69, 9.17) is 4.42 Å². The van der Waals surface area contributed by atoms with Gasteiger partial charge in [-0.2, -0.15) is 0 Å². The number of aromatic nitrogens is 1. The van der Waals surface area contributed by atoms with E-state index in [0.29, 0.717) is 0 Å². The highest BCUT2D eigenvalue weighted by Crippen LogP contribution is 2.53. The molecule has 0 radical (unpaired) electrons. The Labute approximate surface area is 415 Å². The molecule has 0 saturated heterocycles. The van der Waals surface area contributed by atoms with Gasteiger partial charge in [-0.1, -0.05) is 185 Å². The van der Waals surface area contributed by atoms with Crippen molar-refractivity contribution in [1.82, 2.24) is 4.57 Å². The van der Waals surface area contributed by atoms with Crippen molar-refractivity contribution in [2.24, 2.45) is 0 Å². The Morgan fingerprint density at radius 1 is 0.380 bits per heavy atom. The van der Waals surface area contributed by atoms with Crippen LogP contribution in [0, 0.1) is 0 Å². The van der Waals surface area contributed by atoms with E-state index < -0.39 is 0 Å². The molecule has 10 aromatic carbocycles. The Hall–Kier alpha value is -8.20. The highest BCUT2D eigenvalue weighted by Gasteiger charge is 2.38. The van der Waals surface area contributed by atoms with Crippen LogP contribution in [0.2, 0.25) is 0 Å². The van der Waals surface area contributed by atoms with Crippen molar-refractivity contribution in [3.63, 3.8) is 0 Å². The van der Waals surface area contributed by atoms with Crippen LogP contribution in [0.25, 0.3) is 93.9 Å². The molecule has 0 aliphatic heterocycles. The fraction of sp³-hybridized carbons (Fsp3) is 0.130. The molecule has 0 amide bonds. The van der Waals surface area contributed by atoms with Gasteiger partial charge in [0.05, 0.1) is 11.0 Å². The van der Waals surface area contributed by atoms with Gasteiger partial charge in [0.2, 0.25) is 0 Å². The van der Waals surface area contributed by atoms with Crippen LogP contribution in [0.15, 0.2) is 223 Å². The number of furan rings is 1. The summed E-state index contributed by atoms with van der Waals surface area (Å²) >= 11 is 0. The Bertz CT molecular complexity index is 4110. The molecular weight excluding hydrogens is 859 g/mol. The molecular formula is C69H53NO. The molecule has 2 aliphatic carbocycles. The lowest BCUT2D eigenvalue weighted by Gasteiger charge is -2.25. The first-order chi connectivity index (χ1) is 34.7. The van der Waals surface area contributed by atoms with Gasteiger partial charge in [-0.25, -0.2) is 0 Å². The summed E-state index contributed by atoms with van der Waals surface area (Å²) in [5, 5.41) is 4.90. The number of nitrogens with zero attached hydrogens (tertiary/aromatic N) is 1. The predicted molar refractivity (Wildman–Crippen MR) is 297 cm³/mol. The molecule has 0 saturated carbocycles. The highest BCUT2D eigenvalue weighted by molar-refractivity contribution is 6.10. The van der Waals surface area contributed by atoms with Crippen LogP contribution in [-0.2, 0) is 17.3 Å². The Morgan fingerprint density at radius 3 is 1.65 bits per heavy atom. The number of para-hydroxylation sites is 3. The van der Waals surface area contributed by atoms with Crippen molar-refractivity contribution < 1.29 is 4.42 Å². The first-order valence-corrected chi connectivity index (χ1v) is 25.3. The molecule has 71 heavy (non-hydrogen) atoms. The van der Waals surface area contributed by atoms with Crippen LogP contribution < -0.4 is 0 Å². The molecule has 0 bridgehead atoms. The van der Waals surface area contributed by atoms with Crippen LogP contribution in [0.1, 0.15) is 79.0 Å². The molecule has 1 atom stereocenters. The maximum absolute atomic E-state index is 6.36. The normalized spacial score (nSPS) is 14.5. The van der Waals surface area contributed by atoms with E-state index in [0.717, 1.165) is 24.0 Å². The summed E-state index contributed by atoms with van der Waals surface area (Å²) in [6.07, 6.45) is 1.93. The van der Waals surface area contributed by atoms with Crippen molar-refractivity contribution in [3.05, 3.63) is 257 Å². The first kappa shape index (κ1) is 41.7. The third kappa shape index (κ3) is 6.47. The quantitative estimate of drug-likeness (QED) is 0.149. The van der Waals surface area contributed by atoms with Crippen LogP contribution in [0.4, 0.5) is 0 Å². The van der Waals surface area contributed by atoms with E-state index in [2.05, 4.69) is 251 Å². The number of hydrogen-bond donors (Lipinski definition) is 0. The van der Waals surface area contributed by atoms with E-state index in [1.54, 1.807) is 0 Å².